The molecule has 0 aliphatic carbocycles. The maximum atomic E-state index is 12.5. The van der Waals surface area contributed by atoms with E-state index in [1.807, 2.05) is 31.2 Å². The predicted molar refractivity (Wildman–Crippen MR) is 86.4 cm³/mol. The van der Waals surface area contributed by atoms with E-state index in [-0.39, 0.29) is 18.3 Å². The van der Waals surface area contributed by atoms with Crippen LogP contribution in [0.2, 0.25) is 0 Å². The van der Waals surface area contributed by atoms with Crippen molar-refractivity contribution in [1.29, 1.82) is 0 Å². The van der Waals surface area contributed by atoms with E-state index < -0.39 is 6.03 Å². The van der Waals surface area contributed by atoms with Crippen molar-refractivity contribution in [3.8, 4) is 0 Å². The Hall–Kier alpha value is -2.96. The Bertz CT molecular complexity index is 752. The van der Waals surface area contributed by atoms with Gasteiger partial charge < -0.3 is 14.8 Å². The molecule has 1 aromatic carbocycles. The highest BCUT2D eigenvalue weighted by Crippen LogP contribution is 2.29. The van der Waals surface area contributed by atoms with E-state index in [0.29, 0.717) is 12.1 Å². The summed E-state index contributed by atoms with van der Waals surface area (Å²) < 4.78 is 1.70. The second kappa shape index (κ2) is 6.43. The molecule has 0 spiro atoms. The Morgan fingerprint density at radius 3 is 2.91 bits per heavy atom. The summed E-state index contributed by atoms with van der Waals surface area (Å²) >= 11 is 0. The Balaban J connectivity index is 1.81. The number of carbonyl (C=O) groups excluding carboxylic acids is 2. The van der Waals surface area contributed by atoms with Crippen molar-refractivity contribution >= 4 is 23.3 Å². The number of aromatic nitrogens is 2. The molecular formula is C16H17N5O2. The first-order valence-corrected chi connectivity index (χ1v) is 7.44. The first kappa shape index (κ1) is 15.0. The zero-order valence-electron chi connectivity index (χ0n) is 12.8. The summed E-state index contributed by atoms with van der Waals surface area (Å²) in [7, 11) is 0. The van der Waals surface area contributed by atoms with E-state index >= 15 is 0 Å². The van der Waals surface area contributed by atoms with Crippen molar-refractivity contribution in [3.05, 3.63) is 48.5 Å². The normalized spacial score (nSPS) is 15.1. The van der Waals surface area contributed by atoms with Crippen LogP contribution >= 0.6 is 0 Å². The van der Waals surface area contributed by atoms with E-state index in [9.17, 15) is 9.59 Å². The number of amides is 3. The largest absolute Gasteiger partial charge is 0.343 e. The van der Waals surface area contributed by atoms with Crippen LogP contribution in [-0.4, -0.2) is 33.7 Å². The smallest absolute Gasteiger partial charge is 0.319 e. The molecule has 1 aromatic heterocycles. The number of fused-ring (bicyclic) bond motifs is 1. The van der Waals surface area contributed by atoms with Gasteiger partial charge in [-0.15, -0.1) is 0 Å². The van der Waals surface area contributed by atoms with E-state index in [1.54, 1.807) is 28.2 Å². The zero-order valence-corrected chi connectivity index (χ0v) is 12.8. The molecule has 2 heterocycles. The highest BCUT2D eigenvalue weighted by atomic mass is 16.2. The van der Waals surface area contributed by atoms with Crippen molar-refractivity contribution in [1.82, 2.24) is 14.9 Å². The van der Waals surface area contributed by atoms with Crippen molar-refractivity contribution in [3.63, 3.8) is 0 Å². The van der Waals surface area contributed by atoms with E-state index in [0.717, 1.165) is 12.1 Å². The van der Waals surface area contributed by atoms with Crippen molar-refractivity contribution in [2.24, 2.45) is 4.99 Å². The first-order valence-electron chi connectivity index (χ1n) is 7.44. The minimum absolute atomic E-state index is 0.192. The molecule has 0 unspecified atom stereocenters. The van der Waals surface area contributed by atoms with Gasteiger partial charge in [-0.05, 0) is 12.5 Å². The van der Waals surface area contributed by atoms with Crippen molar-refractivity contribution in [2.75, 3.05) is 11.4 Å². The number of nitrogens with one attached hydrogen (secondary N) is 1. The lowest BCUT2D eigenvalue weighted by molar-refractivity contribution is -0.112. The molecule has 23 heavy (non-hydrogen) atoms. The third kappa shape index (κ3) is 2.98. The topological polar surface area (TPSA) is 79.6 Å². The Kier molecular flexibility index (Phi) is 4.18. The SMILES string of the molecule is CCCN1C(=O)/C(=N\C(=O)NCn2ccnc2)c2ccccc21. The molecule has 7 nitrogen and oxygen atoms in total. The standard InChI is InChI=1S/C16H17N5O2/c1-2-8-21-13-6-4-3-5-12(13)14(15(21)22)19-16(23)18-11-20-9-7-17-10-20/h3-7,9-10H,2,8,11H2,1H3,(H,18,23)/b19-14-. The van der Waals surface area contributed by atoms with Crippen LogP contribution in [0.25, 0.3) is 0 Å². The molecule has 2 aromatic rings. The highest BCUT2D eigenvalue weighted by molar-refractivity contribution is 6.55. The number of anilines is 1. The summed E-state index contributed by atoms with van der Waals surface area (Å²) in [4.78, 5) is 34.1. The number of nitrogens with zero attached hydrogens (tertiary/aromatic N) is 4. The summed E-state index contributed by atoms with van der Waals surface area (Å²) in [6.45, 7) is 2.86. The lowest BCUT2D eigenvalue weighted by Gasteiger charge is -2.14. The fourth-order valence-corrected chi connectivity index (χ4v) is 2.50. The molecule has 0 atom stereocenters. The predicted octanol–water partition coefficient (Wildman–Crippen LogP) is 1.80. The number of rotatable bonds is 4. The summed E-state index contributed by atoms with van der Waals surface area (Å²) in [6.07, 6.45) is 5.77. The molecule has 0 saturated carbocycles. The molecular weight excluding hydrogens is 294 g/mol. The number of hydrogen-bond acceptors (Lipinski definition) is 3. The van der Waals surface area contributed by atoms with Crippen LogP contribution in [-0.2, 0) is 11.5 Å². The van der Waals surface area contributed by atoms with Crippen LogP contribution in [0, 0.1) is 0 Å². The summed E-state index contributed by atoms with van der Waals surface area (Å²) in [5.74, 6) is -0.231. The fourth-order valence-electron chi connectivity index (χ4n) is 2.50. The molecule has 0 saturated heterocycles. The van der Waals surface area contributed by atoms with E-state index in [4.69, 9.17) is 0 Å². The van der Waals surface area contributed by atoms with Gasteiger partial charge in [-0.1, -0.05) is 25.1 Å². The van der Waals surface area contributed by atoms with Gasteiger partial charge in [-0.25, -0.2) is 9.78 Å². The summed E-state index contributed by atoms with van der Waals surface area (Å²) in [5.41, 5.74) is 1.70. The first-order chi connectivity index (χ1) is 11.2. The maximum absolute atomic E-state index is 12.5. The number of benzene rings is 1. The molecule has 0 fully saturated rings. The average molecular weight is 311 g/mol. The van der Waals surface area contributed by atoms with Crippen LogP contribution in [0.1, 0.15) is 18.9 Å². The summed E-state index contributed by atoms with van der Waals surface area (Å²) in [5, 5.41) is 2.64. The number of hydrogen-bond donors (Lipinski definition) is 1. The molecule has 3 amide bonds. The van der Waals surface area contributed by atoms with Gasteiger partial charge in [0.05, 0.1) is 18.7 Å². The fraction of sp³-hybridized carbons (Fsp3) is 0.250. The van der Waals surface area contributed by atoms with Gasteiger partial charge >= 0.3 is 6.03 Å². The number of carbonyl (C=O) groups is 2. The van der Waals surface area contributed by atoms with E-state index in [2.05, 4.69) is 15.3 Å². The minimum atomic E-state index is -0.546. The lowest BCUT2D eigenvalue weighted by Crippen LogP contribution is -2.32. The van der Waals surface area contributed by atoms with Gasteiger partial charge in [0.2, 0.25) is 0 Å². The molecule has 7 heteroatoms. The van der Waals surface area contributed by atoms with Gasteiger partial charge in [0.1, 0.15) is 5.71 Å². The highest BCUT2D eigenvalue weighted by Gasteiger charge is 2.33. The quantitative estimate of drug-likeness (QED) is 0.935. The maximum Gasteiger partial charge on any atom is 0.343 e. The van der Waals surface area contributed by atoms with Gasteiger partial charge in [-0.2, -0.15) is 4.99 Å². The second-order valence-electron chi connectivity index (χ2n) is 5.15. The monoisotopic (exact) mass is 311 g/mol. The number of urea groups is 1. The van der Waals surface area contributed by atoms with Gasteiger partial charge in [0, 0.05) is 24.5 Å². The summed E-state index contributed by atoms with van der Waals surface area (Å²) in [6, 6.07) is 6.84. The van der Waals surface area contributed by atoms with Crippen LogP contribution < -0.4 is 10.2 Å². The molecule has 118 valence electrons. The molecule has 3 rings (SSSR count). The number of aliphatic imine (C=N–C) groups is 1. The Morgan fingerprint density at radius 1 is 1.35 bits per heavy atom. The van der Waals surface area contributed by atoms with Gasteiger partial charge in [-0.3, -0.25) is 4.79 Å². The zero-order chi connectivity index (χ0) is 16.2. The lowest BCUT2D eigenvalue weighted by atomic mass is 10.1. The van der Waals surface area contributed by atoms with Crippen molar-refractivity contribution < 1.29 is 9.59 Å². The third-order valence-electron chi connectivity index (χ3n) is 3.53. The number of para-hydroxylation sites is 1. The second-order valence-corrected chi connectivity index (χ2v) is 5.15. The Morgan fingerprint density at radius 2 is 2.17 bits per heavy atom. The molecule has 1 N–H and O–H groups in total. The third-order valence-corrected chi connectivity index (χ3v) is 3.53. The van der Waals surface area contributed by atoms with Crippen LogP contribution in [0.3, 0.4) is 0 Å². The number of imidazole rings is 1. The minimum Gasteiger partial charge on any atom is -0.319 e. The molecule has 0 radical (unpaired) electrons. The van der Waals surface area contributed by atoms with Crippen LogP contribution in [0.5, 0.6) is 0 Å². The van der Waals surface area contributed by atoms with Crippen molar-refractivity contribution in [2.45, 2.75) is 20.0 Å². The Labute approximate surface area is 133 Å². The molecule has 1 aliphatic rings. The van der Waals surface area contributed by atoms with Gasteiger partial charge in [0.25, 0.3) is 5.91 Å². The average Bonchev–Trinajstić information content (AvgIpc) is 3.16. The molecule has 1 aliphatic heterocycles. The van der Waals surface area contributed by atoms with Crippen LogP contribution in [0.4, 0.5) is 10.5 Å². The van der Waals surface area contributed by atoms with Crippen LogP contribution in [0.15, 0.2) is 48.0 Å². The molecule has 0 bridgehead atoms. The van der Waals surface area contributed by atoms with E-state index in [1.165, 1.54) is 0 Å². The van der Waals surface area contributed by atoms with Gasteiger partial charge in [0.15, 0.2) is 0 Å².